The van der Waals surface area contributed by atoms with Gasteiger partial charge >= 0.3 is 6.18 Å². The van der Waals surface area contributed by atoms with Crippen molar-refractivity contribution in [2.24, 2.45) is 0 Å². The van der Waals surface area contributed by atoms with Gasteiger partial charge in [-0.15, -0.1) is 0 Å². The predicted octanol–water partition coefficient (Wildman–Crippen LogP) is 2.32. The minimum absolute atomic E-state index is 0.0717. The van der Waals surface area contributed by atoms with Crippen LogP contribution >= 0.6 is 0 Å². The van der Waals surface area contributed by atoms with Gasteiger partial charge in [0.1, 0.15) is 5.82 Å². The maximum atomic E-state index is 13.4. The second kappa shape index (κ2) is 6.63. The van der Waals surface area contributed by atoms with Crippen molar-refractivity contribution in [3.05, 3.63) is 11.8 Å². The smallest absolute Gasteiger partial charge is 0.368 e. The Balaban J connectivity index is 1.54. The molecular weight excluding hydrogens is 383 g/mol. The number of hydrogen-bond acceptors (Lipinski definition) is 4. The Morgan fingerprint density at radius 2 is 1.89 bits per heavy atom. The number of hydrogen-bond donors (Lipinski definition) is 1. The topological polar surface area (TPSA) is 70.5 Å². The van der Waals surface area contributed by atoms with E-state index in [1.54, 1.807) is 13.0 Å². The molecule has 1 N–H and O–H groups in total. The van der Waals surface area contributed by atoms with Gasteiger partial charge in [0.05, 0.1) is 5.69 Å². The first kappa shape index (κ1) is 19.0. The highest BCUT2D eigenvalue weighted by Gasteiger charge is 2.46. The summed E-state index contributed by atoms with van der Waals surface area (Å²) >= 11 is 0. The maximum Gasteiger partial charge on any atom is 0.410 e. The fraction of sp³-hybridized carbons (Fsp3) is 0.812. The number of rotatable bonds is 3. The molecule has 2 saturated heterocycles. The lowest BCUT2D eigenvalue weighted by Crippen LogP contribution is -2.41. The molecule has 0 bridgehead atoms. The molecular formula is C16H24F3N5O2S. The molecule has 3 aliphatic heterocycles. The molecule has 2 fully saturated rings. The molecule has 0 aliphatic carbocycles. The summed E-state index contributed by atoms with van der Waals surface area (Å²) < 4.78 is 69.5. The largest absolute Gasteiger partial charge is 0.410 e. The molecule has 0 amide bonds. The number of halogens is 3. The third-order valence-electron chi connectivity index (χ3n) is 5.69. The van der Waals surface area contributed by atoms with Crippen LogP contribution in [0.2, 0.25) is 0 Å². The van der Waals surface area contributed by atoms with Gasteiger partial charge in [0.15, 0.2) is 6.04 Å². The summed E-state index contributed by atoms with van der Waals surface area (Å²) in [7, 11) is -3.49. The van der Waals surface area contributed by atoms with Gasteiger partial charge in [-0.2, -0.15) is 35.3 Å². The van der Waals surface area contributed by atoms with Crippen LogP contribution in [0.3, 0.4) is 0 Å². The summed E-state index contributed by atoms with van der Waals surface area (Å²) in [5.41, 5.74) is 0.528. The highest BCUT2D eigenvalue weighted by Crippen LogP contribution is 2.41. The molecule has 27 heavy (non-hydrogen) atoms. The first-order valence-electron chi connectivity index (χ1n) is 9.34. The second-order valence-electron chi connectivity index (χ2n) is 7.70. The SMILES string of the molecule is C[C@@H]1C[C@H](C(F)(F)F)n2nc(C3CCN(S(=O)(=O)N4CCCC4)C3)cc2N1. The number of anilines is 1. The van der Waals surface area contributed by atoms with Crippen molar-refractivity contribution < 1.29 is 21.6 Å². The number of aromatic nitrogens is 2. The Morgan fingerprint density at radius 1 is 1.19 bits per heavy atom. The third kappa shape index (κ3) is 3.44. The van der Waals surface area contributed by atoms with Crippen LogP contribution in [0.5, 0.6) is 0 Å². The van der Waals surface area contributed by atoms with Crippen LogP contribution in [0.25, 0.3) is 0 Å². The third-order valence-corrected chi connectivity index (χ3v) is 7.69. The normalized spacial score (nSPS) is 30.4. The van der Waals surface area contributed by atoms with Gasteiger partial charge in [0.2, 0.25) is 0 Å². The molecule has 0 radical (unpaired) electrons. The molecule has 0 saturated carbocycles. The lowest BCUT2D eigenvalue weighted by Gasteiger charge is -2.31. The van der Waals surface area contributed by atoms with Crippen LogP contribution < -0.4 is 5.32 Å². The molecule has 4 rings (SSSR count). The summed E-state index contributed by atoms with van der Waals surface area (Å²) in [6.07, 6.45) is -2.14. The van der Waals surface area contributed by atoms with Crippen molar-refractivity contribution in [1.82, 2.24) is 18.4 Å². The molecule has 1 unspecified atom stereocenters. The quantitative estimate of drug-likeness (QED) is 0.835. The lowest BCUT2D eigenvalue weighted by molar-refractivity contribution is -0.173. The van der Waals surface area contributed by atoms with Crippen molar-refractivity contribution in [1.29, 1.82) is 0 Å². The first-order chi connectivity index (χ1) is 12.7. The van der Waals surface area contributed by atoms with Crippen molar-refractivity contribution in [3.63, 3.8) is 0 Å². The fourth-order valence-corrected chi connectivity index (χ4v) is 5.99. The highest BCUT2D eigenvalue weighted by atomic mass is 32.2. The summed E-state index contributed by atoms with van der Waals surface area (Å²) in [5.74, 6) is 0.165. The average molecular weight is 407 g/mol. The Hall–Kier alpha value is -1.33. The van der Waals surface area contributed by atoms with Gasteiger partial charge in [-0.1, -0.05) is 0 Å². The molecule has 11 heteroatoms. The van der Waals surface area contributed by atoms with E-state index >= 15 is 0 Å². The van der Waals surface area contributed by atoms with Gasteiger partial charge in [-0.3, -0.25) is 0 Å². The van der Waals surface area contributed by atoms with Gasteiger partial charge in [-0.05, 0) is 32.6 Å². The lowest BCUT2D eigenvalue weighted by atomic mass is 10.0. The van der Waals surface area contributed by atoms with Gasteiger partial charge in [0.25, 0.3) is 10.2 Å². The van der Waals surface area contributed by atoms with E-state index in [0.29, 0.717) is 37.6 Å². The number of alkyl halides is 3. The molecule has 1 aromatic rings. The summed E-state index contributed by atoms with van der Waals surface area (Å²) in [6.45, 7) is 3.43. The summed E-state index contributed by atoms with van der Waals surface area (Å²) in [6, 6.07) is -0.307. The molecule has 3 aliphatic rings. The number of fused-ring (bicyclic) bond motifs is 1. The van der Waals surface area contributed by atoms with Gasteiger partial charge < -0.3 is 5.32 Å². The zero-order valence-corrected chi connectivity index (χ0v) is 15.9. The minimum Gasteiger partial charge on any atom is -0.368 e. The van der Waals surface area contributed by atoms with Gasteiger partial charge in [0, 0.05) is 44.2 Å². The Bertz CT molecular complexity index is 803. The Labute approximate surface area is 156 Å². The van der Waals surface area contributed by atoms with Crippen molar-refractivity contribution in [2.45, 2.75) is 56.8 Å². The molecule has 1 aromatic heterocycles. The second-order valence-corrected chi connectivity index (χ2v) is 9.62. The van der Waals surface area contributed by atoms with Crippen LogP contribution in [0.15, 0.2) is 6.07 Å². The molecule has 0 aromatic carbocycles. The van der Waals surface area contributed by atoms with E-state index in [9.17, 15) is 21.6 Å². The first-order valence-corrected chi connectivity index (χ1v) is 10.7. The van der Waals surface area contributed by atoms with Crippen LogP contribution in [-0.2, 0) is 10.2 Å². The average Bonchev–Trinajstić information content (AvgIpc) is 3.31. The van der Waals surface area contributed by atoms with Crippen LogP contribution in [0.1, 0.15) is 50.3 Å². The van der Waals surface area contributed by atoms with E-state index in [2.05, 4.69) is 10.4 Å². The van der Waals surface area contributed by atoms with Crippen molar-refractivity contribution in [3.8, 4) is 0 Å². The molecule has 152 valence electrons. The minimum atomic E-state index is -4.37. The fourth-order valence-electron chi connectivity index (χ4n) is 4.24. The molecule has 4 heterocycles. The maximum absolute atomic E-state index is 13.4. The monoisotopic (exact) mass is 407 g/mol. The number of nitrogens with zero attached hydrogens (tertiary/aromatic N) is 4. The van der Waals surface area contributed by atoms with Gasteiger partial charge in [-0.25, -0.2) is 4.68 Å². The summed E-state index contributed by atoms with van der Waals surface area (Å²) in [4.78, 5) is 0. The van der Waals surface area contributed by atoms with Crippen LogP contribution in [-0.4, -0.2) is 65.2 Å². The van der Waals surface area contributed by atoms with Crippen molar-refractivity contribution in [2.75, 3.05) is 31.5 Å². The van der Waals surface area contributed by atoms with E-state index in [4.69, 9.17) is 0 Å². The zero-order chi connectivity index (χ0) is 19.4. The van der Waals surface area contributed by atoms with E-state index in [1.165, 1.54) is 8.61 Å². The standard InChI is InChI=1S/C16H24F3N5O2S/c1-11-8-14(16(17,18)19)24-15(20-11)9-13(21-24)12-4-7-23(10-12)27(25,26)22-5-2-3-6-22/h9,11-12,14,20H,2-8,10H2,1H3/t11-,12?,14-/m1/s1. The van der Waals surface area contributed by atoms with E-state index in [1.807, 2.05) is 0 Å². The highest BCUT2D eigenvalue weighted by molar-refractivity contribution is 7.86. The number of nitrogens with one attached hydrogen (secondary N) is 1. The molecule has 0 spiro atoms. The van der Waals surface area contributed by atoms with E-state index in [0.717, 1.165) is 17.5 Å². The van der Waals surface area contributed by atoms with E-state index in [-0.39, 0.29) is 24.9 Å². The zero-order valence-electron chi connectivity index (χ0n) is 15.1. The Morgan fingerprint density at radius 3 is 2.56 bits per heavy atom. The summed E-state index contributed by atoms with van der Waals surface area (Å²) in [5, 5.41) is 7.28. The van der Waals surface area contributed by atoms with Crippen molar-refractivity contribution >= 4 is 16.0 Å². The molecule has 3 atom stereocenters. The van der Waals surface area contributed by atoms with Crippen LogP contribution in [0, 0.1) is 0 Å². The van der Waals surface area contributed by atoms with Crippen LogP contribution in [0.4, 0.5) is 19.0 Å². The van der Waals surface area contributed by atoms with E-state index < -0.39 is 22.4 Å². The predicted molar refractivity (Wildman–Crippen MR) is 93.7 cm³/mol. The Kier molecular flexibility index (Phi) is 4.66. The molecule has 7 nitrogen and oxygen atoms in total.